The van der Waals surface area contributed by atoms with Crippen LogP contribution in [0.4, 0.5) is 0 Å². The van der Waals surface area contributed by atoms with E-state index in [1.165, 1.54) is 17.3 Å². The highest BCUT2D eigenvalue weighted by molar-refractivity contribution is 7.99. The molecule has 120 valence electrons. The van der Waals surface area contributed by atoms with Crippen molar-refractivity contribution in [2.24, 2.45) is 0 Å². The molecule has 1 N–H and O–H groups in total. The number of pyridine rings is 1. The fraction of sp³-hybridized carbons (Fsp3) is 0.111. The standard InChI is InChI=1S/C18H16N4OS/c1-13-4-2-5-14(10-13)12-22-17(23)16-11-15(6-9-19-16)24-18-20-7-3-8-21-18/h2-11H,12H2,1H3,(H,22,23). The Bertz CT molecular complexity index is 839. The minimum atomic E-state index is -0.201. The van der Waals surface area contributed by atoms with E-state index in [0.29, 0.717) is 17.4 Å². The molecule has 0 radical (unpaired) electrons. The molecule has 0 bridgehead atoms. The van der Waals surface area contributed by atoms with Crippen molar-refractivity contribution >= 4 is 17.7 Å². The van der Waals surface area contributed by atoms with E-state index in [1.807, 2.05) is 37.3 Å². The van der Waals surface area contributed by atoms with E-state index in [4.69, 9.17) is 0 Å². The second-order valence-electron chi connectivity index (χ2n) is 5.18. The Kier molecular flexibility index (Phi) is 5.18. The largest absolute Gasteiger partial charge is 0.347 e. The lowest BCUT2D eigenvalue weighted by molar-refractivity contribution is 0.0945. The van der Waals surface area contributed by atoms with E-state index in [1.54, 1.807) is 30.7 Å². The van der Waals surface area contributed by atoms with Gasteiger partial charge in [-0.3, -0.25) is 9.78 Å². The SMILES string of the molecule is Cc1cccc(CNC(=O)c2cc(Sc3ncccn3)ccn2)c1. The summed E-state index contributed by atoms with van der Waals surface area (Å²) in [4.78, 5) is 25.6. The summed E-state index contributed by atoms with van der Waals surface area (Å²) in [6.07, 6.45) is 4.99. The maximum Gasteiger partial charge on any atom is 0.270 e. The maximum atomic E-state index is 12.3. The first kappa shape index (κ1) is 16.1. The predicted molar refractivity (Wildman–Crippen MR) is 92.7 cm³/mol. The van der Waals surface area contributed by atoms with Crippen molar-refractivity contribution in [3.8, 4) is 0 Å². The summed E-state index contributed by atoms with van der Waals surface area (Å²) in [7, 11) is 0. The predicted octanol–water partition coefficient (Wildman–Crippen LogP) is 3.26. The van der Waals surface area contributed by atoms with Gasteiger partial charge in [0.1, 0.15) is 5.69 Å². The van der Waals surface area contributed by atoms with Crippen LogP contribution in [-0.2, 0) is 6.54 Å². The minimum Gasteiger partial charge on any atom is -0.347 e. The van der Waals surface area contributed by atoms with Crippen molar-refractivity contribution in [1.29, 1.82) is 0 Å². The lowest BCUT2D eigenvalue weighted by atomic mass is 10.1. The van der Waals surface area contributed by atoms with Gasteiger partial charge in [-0.1, -0.05) is 29.8 Å². The minimum absolute atomic E-state index is 0.201. The van der Waals surface area contributed by atoms with Gasteiger partial charge in [-0.2, -0.15) is 0 Å². The van der Waals surface area contributed by atoms with Gasteiger partial charge in [-0.05, 0) is 42.4 Å². The first-order valence-electron chi connectivity index (χ1n) is 7.45. The van der Waals surface area contributed by atoms with Gasteiger partial charge in [0.15, 0.2) is 5.16 Å². The van der Waals surface area contributed by atoms with Crippen molar-refractivity contribution < 1.29 is 4.79 Å². The lowest BCUT2D eigenvalue weighted by Gasteiger charge is -2.07. The molecule has 0 unspecified atom stereocenters. The molecule has 6 heteroatoms. The van der Waals surface area contributed by atoms with Crippen LogP contribution in [0.1, 0.15) is 21.6 Å². The maximum absolute atomic E-state index is 12.3. The molecule has 1 amide bonds. The zero-order valence-corrected chi connectivity index (χ0v) is 14.0. The molecule has 0 spiro atoms. The molecule has 0 atom stereocenters. The van der Waals surface area contributed by atoms with Crippen LogP contribution in [0.3, 0.4) is 0 Å². The Morgan fingerprint density at radius 2 is 1.88 bits per heavy atom. The van der Waals surface area contributed by atoms with Gasteiger partial charge in [0, 0.05) is 30.0 Å². The number of benzene rings is 1. The van der Waals surface area contributed by atoms with Crippen molar-refractivity contribution in [2.75, 3.05) is 0 Å². The Morgan fingerprint density at radius 1 is 1.04 bits per heavy atom. The summed E-state index contributed by atoms with van der Waals surface area (Å²) in [6, 6.07) is 13.4. The Morgan fingerprint density at radius 3 is 2.67 bits per heavy atom. The topological polar surface area (TPSA) is 67.8 Å². The van der Waals surface area contributed by atoms with Crippen LogP contribution in [0.2, 0.25) is 0 Å². The average Bonchev–Trinajstić information content (AvgIpc) is 2.61. The first-order valence-corrected chi connectivity index (χ1v) is 8.27. The fourth-order valence-electron chi connectivity index (χ4n) is 2.14. The normalized spacial score (nSPS) is 10.4. The smallest absolute Gasteiger partial charge is 0.270 e. The molecule has 0 aliphatic rings. The molecule has 0 fully saturated rings. The molecular formula is C18H16N4OS. The molecular weight excluding hydrogens is 320 g/mol. The summed E-state index contributed by atoms with van der Waals surface area (Å²) < 4.78 is 0. The number of aromatic nitrogens is 3. The summed E-state index contributed by atoms with van der Waals surface area (Å²) in [5, 5.41) is 3.53. The fourth-order valence-corrected chi connectivity index (χ4v) is 2.87. The summed E-state index contributed by atoms with van der Waals surface area (Å²) in [5.74, 6) is -0.201. The lowest BCUT2D eigenvalue weighted by Crippen LogP contribution is -2.23. The van der Waals surface area contributed by atoms with Gasteiger partial charge in [-0.15, -0.1) is 0 Å². The highest BCUT2D eigenvalue weighted by Crippen LogP contribution is 2.23. The number of nitrogens with one attached hydrogen (secondary N) is 1. The van der Waals surface area contributed by atoms with Gasteiger partial charge < -0.3 is 5.32 Å². The summed E-state index contributed by atoms with van der Waals surface area (Å²) in [5.41, 5.74) is 2.61. The molecule has 0 aliphatic carbocycles. The van der Waals surface area contributed by atoms with E-state index in [2.05, 4.69) is 20.3 Å². The number of hydrogen-bond acceptors (Lipinski definition) is 5. The van der Waals surface area contributed by atoms with E-state index in [-0.39, 0.29) is 5.91 Å². The molecule has 2 aromatic heterocycles. The van der Waals surface area contributed by atoms with Crippen molar-refractivity contribution in [2.45, 2.75) is 23.5 Å². The Hall–Kier alpha value is -2.73. The van der Waals surface area contributed by atoms with E-state index < -0.39 is 0 Å². The highest BCUT2D eigenvalue weighted by Gasteiger charge is 2.09. The highest BCUT2D eigenvalue weighted by atomic mass is 32.2. The van der Waals surface area contributed by atoms with Crippen molar-refractivity contribution in [1.82, 2.24) is 20.3 Å². The van der Waals surface area contributed by atoms with Crippen LogP contribution in [-0.4, -0.2) is 20.9 Å². The third kappa shape index (κ3) is 4.39. The molecule has 24 heavy (non-hydrogen) atoms. The van der Waals surface area contributed by atoms with Crippen LogP contribution in [0, 0.1) is 6.92 Å². The quantitative estimate of drug-likeness (QED) is 0.724. The van der Waals surface area contributed by atoms with Crippen molar-refractivity contribution in [3.63, 3.8) is 0 Å². The second kappa shape index (κ2) is 7.70. The van der Waals surface area contributed by atoms with E-state index >= 15 is 0 Å². The Balaban J connectivity index is 1.66. The molecule has 2 heterocycles. The monoisotopic (exact) mass is 336 g/mol. The van der Waals surface area contributed by atoms with Gasteiger partial charge >= 0.3 is 0 Å². The molecule has 5 nitrogen and oxygen atoms in total. The summed E-state index contributed by atoms with van der Waals surface area (Å²) >= 11 is 1.39. The average molecular weight is 336 g/mol. The number of nitrogens with zero attached hydrogens (tertiary/aromatic N) is 3. The number of amides is 1. The second-order valence-corrected chi connectivity index (χ2v) is 6.22. The third-order valence-corrected chi connectivity index (χ3v) is 4.13. The van der Waals surface area contributed by atoms with Crippen LogP contribution >= 0.6 is 11.8 Å². The van der Waals surface area contributed by atoms with E-state index in [9.17, 15) is 4.79 Å². The van der Waals surface area contributed by atoms with Crippen molar-refractivity contribution in [3.05, 3.63) is 77.9 Å². The third-order valence-electron chi connectivity index (χ3n) is 3.25. The van der Waals surface area contributed by atoms with Crippen LogP contribution in [0.25, 0.3) is 0 Å². The van der Waals surface area contributed by atoms with Crippen LogP contribution < -0.4 is 5.32 Å². The van der Waals surface area contributed by atoms with Crippen LogP contribution in [0.5, 0.6) is 0 Å². The van der Waals surface area contributed by atoms with E-state index in [0.717, 1.165) is 10.5 Å². The number of aryl methyl sites for hydroxylation is 1. The molecule has 0 aliphatic heterocycles. The number of carbonyl (C=O) groups excluding carboxylic acids is 1. The molecule has 0 saturated carbocycles. The summed E-state index contributed by atoms with van der Waals surface area (Å²) in [6.45, 7) is 2.50. The number of carbonyl (C=O) groups is 1. The number of rotatable bonds is 5. The van der Waals surface area contributed by atoms with Gasteiger partial charge in [0.2, 0.25) is 0 Å². The zero-order valence-electron chi connectivity index (χ0n) is 13.1. The zero-order chi connectivity index (χ0) is 16.8. The number of hydrogen-bond donors (Lipinski definition) is 1. The molecule has 0 saturated heterocycles. The molecule has 3 rings (SSSR count). The molecule has 3 aromatic rings. The van der Waals surface area contributed by atoms with Crippen LogP contribution in [0.15, 0.2) is 71.1 Å². The van der Waals surface area contributed by atoms with Gasteiger partial charge in [0.25, 0.3) is 5.91 Å². The Labute approximate surface area is 144 Å². The van der Waals surface area contributed by atoms with Gasteiger partial charge in [0.05, 0.1) is 0 Å². The first-order chi connectivity index (χ1) is 11.7. The van der Waals surface area contributed by atoms with Gasteiger partial charge in [-0.25, -0.2) is 9.97 Å². The molecule has 1 aromatic carbocycles.